The summed E-state index contributed by atoms with van der Waals surface area (Å²) in [5.41, 5.74) is 0.789. The fourth-order valence-corrected chi connectivity index (χ4v) is 5.93. The van der Waals surface area contributed by atoms with E-state index in [-0.39, 0.29) is 34.1 Å². The van der Waals surface area contributed by atoms with Gasteiger partial charge < -0.3 is 10.2 Å². The predicted molar refractivity (Wildman–Crippen MR) is 152 cm³/mol. The zero-order valence-electron chi connectivity index (χ0n) is 21.5. The maximum Gasteiger partial charge on any atom is 0.264 e. The number of anilines is 1. The highest BCUT2D eigenvalue weighted by molar-refractivity contribution is 7.92. The van der Waals surface area contributed by atoms with Crippen molar-refractivity contribution >= 4 is 50.7 Å². The lowest BCUT2D eigenvalue weighted by Crippen LogP contribution is -2.53. The normalized spacial score (nSPS) is 12.2. The maximum atomic E-state index is 14.0. The van der Waals surface area contributed by atoms with E-state index in [4.69, 9.17) is 23.2 Å². The van der Waals surface area contributed by atoms with Crippen molar-refractivity contribution < 1.29 is 18.0 Å². The zero-order chi connectivity index (χ0) is 27.9. The van der Waals surface area contributed by atoms with E-state index in [2.05, 4.69) is 5.32 Å². The number of nitrogens with one attached hydrogen (secondary N) is 1. The van der Waals surface area contributed by atoms with E-state index in [0.717, 1.165) is 4.31 Å². The third kappa shape index (κ3) is 7.07. The van der Waals surface area contributed by atoms with Gasteiger partial charge in [-0.25, -0.2) is 8.42 Å². The predicted octanol–water partition coefficient (Wildman–Crippen LogP) is 5.52. The molecule has 0 saturated carbocycles. The largest absolute Gasteiger partial charge is 0.352 e. The number of sulfonamides is 1. The Morgan fingerprint density at radius 3 is 2.03 bits per heavy atom. The van der Waals surface area contributed by atoms with Crippen LogP contribution in [0.1, 0.15) is 32.8 Å². The summed E-state index contributed by atoms with van der Waals surface area (Å²) in [4.78, 5) is 28.5. The third-order valence-corrected chi connectivity index (χ3v) is 8.31. The van der Waals surface area contributed by atoms with Crippen LogP contribution in [0.4, 0.5) is 5.69 Å². The molecule has 3 rings (SSSR count). The second-order valence-corrected chi connectivity index (χ2v) is 11.7. The highest BCUT2D eigenvalue weighted by atomic mass is 35.5. The van der Waals surface area contributed by atoms with Crippen LogP contribution < -0.4 is 9.62 Å². The summed E-state index contributed by atoms with van der Waals surface area (Å²) in [7, 11) is -4.18. The lowest BCUT2D eigenvalue weighted by Gasteiger charge is -2.34. The first-order valence-corrected chi connectivity index (χ1v) is 14.4. The van der Waals surface area contributed by atoms with Gasteiger partial charge in [0.2, 0.25) is 11.8 Å². The van der Waals surface area contributed by atoms with Crippen molar-refractivity contribution in [3.63, 3.8) is 0 Å². The van der Waals surface area contributed by atoms with Crippen LogP contribution in [0.15, 0.2) is 83.8 Å². The molecule has 0 bridgehead atoms. The molecule has 3 aromatic carbocycles. The van der Waals surface area contributed by atoms with Gasteiger partial charge in [-0.3, -0.25) is 13.9 Å². The van der Waals surface area contributed by atoms with Crippen molar-refractivity contribution in [2.45, 2.75) is 50.7 Å². The molecule has 0 saturated heterocycles. The Labute approximate surface area is 234 Å². The van der Waals surface area contributed by atoms with Crippen molar-refractivity contribution in [3.05, 3.63) is 94.5 Å². The molecule has 38 heavy (non-hydrogen) atoms. The van der Waals surface area contributed by atoms with Gasteiger partial charge in [-0.15, -0.1) is 0 Å². The molecule has 202 valence electrons. The summed E-state index contributed by atoms with van der Waals surface area (Å²) in [6, 6.07) is 20.3. The standard InChI is InChI=1S/C28H31Cl2N3O4S/c1-4-25(28(35)31-20(2)3)32(18-21-12-8-9-15-23(21)29)27(34)19-33(26-17-11-10-16-24(26)30)38(36,37)22-13-6-5-7-14-22/h5-17,20,25H,4,18-19H2,1-3H3,(H,31,35)/t25-/m1/s1. The number of benzene rings is 3. The Morgan fingerprint density at radius 2 is 1.45 bits per heavy atom. The fourth-order valence-electron chi connectivity index (χ4n) is 4.00. The lowest BCUT2D eigenvalue weighted by molar-refractivity contribution is -0.140. The molecule has 0 radical (unpaired) electrons. The molecule has 0 heterocycles. The molecule has 0 aliphatic rings. The van der Waals surface area contributed by atoms with Crippen LogP contribution in [-0.2, 0) is 26.2 Å². The van der Waals surface area contributed by atoms with Gasteiger partial charge in [-0.05, 0) is 56.2 Å². The number of rotatable bonds is 11. The summed E-state index contributed by atoms with van der Waals surface area (Å²) in [5, 5.41) is 3.46. The molecule has 0 spiro atoms. The number of nitrogens with zero attached hydrogens (tertiary/aromatic N) is 2. The van der Waals surface area contributed by atoms with Gasteiger partial charge in [0.1, 0.15) is 12.6 Å². The first kappa shape index (κ1) is 29.5. The van der Waals surface area contributed by atoms with E-state index in [0.29, 0.717) is 17.0 Å². The van der Waals surface area contributed by atoms with Crippen molar-refractivity contribution in [1.82, 2.24) is 10.2 Å². The van der Waals surface area contributed by atoms with Crippen molar-refractivity contribution in [3.8, 4) is 0 Å². The van der Waals surface area contributed by atoms with Crippen LogP contribution in [0.3, 0.4) is 0 Å². The SMILES string of the molecule is CC[C@H](C(=O)NC(C)C)N(Cc1ccccc1Cl)C(=O)CN(c1ccccc1Cl)S(=O)(=O)c1ccccc1. The quantitative estimate of drug-likeness (QED) is 0.326. The van der Waals surface area contributed by atoms with E-state index < -0.39 is 28.5 Å². The van der Waals surface area contributed by atoms with Gasteiger partial charge in [-0.2, -0.15) is 0 Å². The minimum atomic E-state index is -4.18. The summed E-state index contributed by atoms with van der Waals surface area (Å²) in [6.45, 7) is 4.90. The monoisotopic (exact) mass is 575 g/mol. The highest BCUT2D eigenvalue weighted by Crippen LogP contribution is 2.31. The Balaban J connectivity index is 2.08. The average Bonchev–Trinajstić information content (AvgIpc) is 2.88. The molecule has 7 nitrogen and oxygen atoms in total. The Kier molecular flexibility index (Phi) is 10.2. The number of amides is 2. The third-order valence-electron chi connectivity index (χ3n) is 5.85. The summed E-state index contributed by atoms with van der Waals surface area (Å²) in [5.74, 6) is -0.909. The number of hydrogen-bond acceptors (Lipinski definition) is 4. The summed E-state index contributed by atoms with van der Waals surface area (Å²) in [6.07, 6.45) is 0.312. The van der Waals surface area contributed by atoms with Crippen molar-refractivity contribution in [2.24, 2.45) is 0 Å². The zero-order valence-corrected chi connectivity index (χ0v) is 23.8. The van der Waals surface area contributed by atoms with Crippen LogP contribution in [-0.4, -0.2) is 43.8 Å². The van der Waals surface area contributed by atoms with Gasteiger partial charge in [0.15, 0.2) is 0 Å². The first-order valence-electron chi connectivity index (χ1n) is 12.2. The topological polar surface area (TPSA) is 86.8 Å². The highest BCUT2D eigenvalue weighted by Gasteiger charge is 2.34. The molecule has 3 aromatic rings. The smallest absolute Gasteiger partial charge is 0.264 e. The molecular formula is C28H31Cl2N3O4S. The average molecular weight is 577 g/mol. The van der Waals surface area contributed by atoms with Gasteiger partial charge in [0.25, 0.3) is 10.0 Å². The second kappa shape index (κ2) is 13.1. The van der Waals surface area contributed by atoms with Crippen LogP contribution in [0.5, 0.6) is 0 Å². The molecule has 1 atom stereocenters. The van der Waals surface area contributed by atoms with E-state index in [1.54, 1.807) is 67.6 Å². The van der Waals surface area contributed by atoms with E-state index in [1.165, 1.54) is 23.1 Å². The molecule has 0 unspecified atom stereocenters. The van der Waals surface area contributed by atoms with E-state index in [9.17, 15) is 18.0 Å². The maximum absolute atomic E-state index is 14.0. The van der Waals surface area contributed by atoms with Crippen LogP contribution in [0.2, 0.25) is 10.0 Å². The Morgan fingerprint density at radius 1 is 0.868 bits per heavy atom. The molecule has 0 fully saturated rings. The van der Waals surface area contributed by atoms with Crippen molar-refractivity contribution in [1.29, 1.82) is 0 Å². The Hall–Kier alpha value is -3.07. The molecule has 10 heteroatoms. The lowest BCUT2D eigenvalue weighted by atomic mass is 10.1. The van der Waals surface area contributed by atoms with Gasteiger partial charge in [0, 0.05) is 17.6 Å². The van der Waals surface area contributed by atoms with E-state index in [1.807, 2.05) is 13.8 Å². The van der Waals surface area contributed by atoms with Crippen LogP contribution >= 0.6 is 23.2 Å². The Bertz CT molecular complexity index is 1370. The second-order valence-electron chi connectivity index (χ2n) is 8.98. The number of carbonyl (C=O) groups excluding carboxylic acids is 2. The van der Waals surface area contributed by atoms with Crippen LogP contribution in [0.25, 0.3) is 0 Å². The van der Waals surface area contributed by atoms with Gasteiger partial charge in [0.05, 0.1) is 15.6 Å². The minimum absolute atomic E-state index is 0.00923. The summed E-state index contributed by atoms with van der Waals surface area (Å²) >= 11 is 12.8. The molecule has 2 amide bonds. The van der Waals surface area contributed by atoms with Gasteiger partial charge >= 0.3 is 0 Å². The van der Waals surface area contributed by atoms with Crippen LogP contribution in [0, 0.1) is 0 Å². The first-order chi connectivity index (χ1) is 18.1. The van der Waals surface area contributed by atoms with Gasteiger partial charge in [-0.1, -0.05) is 78.7 Å². The number of carbonyl (C=O) groups is 2. The fraction of sp³-hybridized carbons (Fsp3) is 0.286. The summed E-state index contributed by atoms with van der Waals surface area (Å²) < 4.78 is 28.5. The molecular weight excluding hydrogens is 545 g/mol. The minimum Gasteiger partial charge on any atom is -0.352 e. The molecule has 0 aromatic heterocycles. The molecule has 0 aliphatic heterocycles. The van der Waals surface area contributed by atoms with E-state index >= 15 is 0 Å². The van der Waals surface area contributed by atoms with Crippen molar-refractivity contribution in [2.75, 3.05) is 10.8 Å². The number of halogens is 2. The molecule has 0 aliphatic carbocycles. The molecule has 1 N–H and O–H groups in total. The number of hydrogen-bond donors (Lipinski definition) is 1. The number of para-hydroxylation sites is 1.